The minimum absolute atomic E-state index is 0.363. The summed E-state index contributed by atoms with van der Waals surface area (Å²) in [7, 11) is 0. The molecule has 1 heterocycles. The van der Waals surface area contributed by atoms with Crippen molar-refractivity contribution >= 4 is 31.9 Å². The second-order valence-corrected chi connectivity index (χ2v) is 4.96. The van der Waals surface area contributed by atoms with Crippen molar-refractivity contribution in [3.63, 3.8) is 0 Å². The van der Waals surface area contributed by atoms with E-state index in [1.54, 1.807) is 24.3 Å². The molecule has 5 heteroatoms. The van der Waals surface area contributed by atoms with Gasteiger partial charge in [0.2, 0.25) is 0 Å². The highest BCUT2D eigenvalue weighted by molar-refractivity contribution is 9.10. The minimum Gasteiger partial charge on any atom is -0.466 e. The number of nitrogens with two attached hydrogens (primary N) is 1. The Kier molecular flexibility index (Phi) is 3.47. The van der Waals surface area contributed by atoms with Crippen molar-refractivity contribution in [2.45, 2.75) is 6.04 Å². The summed E-state index contributed by atoms with van der Waals surface area (Å²) in [4.78, 5) is 0. The summed E-state index contributed by atoms with van der Waals surface area (Å²) in [6.07, 6.45) is 1.51. The van der Waals surface area contributed by atoms with Crippen LogP contribution in [0, 0.1) is 5.82 Å². The van der Waals surface area contributed by atoms with Crippen LogP contribution in [-0.4, -0.2) is 0 Å². The first-order valence-corrected chi connectivity index (χ1v) is 6.12. The van der Waals surface area contributed by atoms with Gasteiger partial charge >= 0.3 is 0 Å². The molecule has 2 rings (SSSR count). The molecular weight excluding hydrogens is 341 g/mol. The molecule has 0 saturated carbocycles. The van der Waals surface area contributed by atoms with E-state index in [0.29, 0.717) is 15.8 Å². The van der Waals surface area contributed by atoms with E-state index in [1.807, 2.05) is 0 Å². The summed E-state index contributed by atoms with van der Waals surface area (Å²) in [6.45, 7) is 0. The Balaban J connectivity index is 2.46. The fraction of sp³-hybridized carbons (Fsp3) is 0.0909. The number of furan rings is 1. The predicted octanol–water partition coefficient (Wildman–Crippen LogP) is 3.99. The Morgan fingerprint density at radius 2 is 1.94 bits per heavy atom. The smallest absolute Gasteiger partial charge is 0.142 e. The first kappa shape index (κ1) is 11.8. The maximum atomic E-state index is 13.8. The third-order valence-corrected chi connectivity index (χ3v) is 3.51. The summed E-state index contributed by atoms with van der Waals surface area (Å²) < 4.78 is 20.1. The van der Waals surface area contributed by atoms with Gasteiger partial charge in [-0.2, -0.15) is 0 Å². The van der Waals surface area contributed by atoms with Gasteiger partial charge in [-0.3, -0.25) is 0 Å². The molecule has 1 aromatic heterocycles. The fourth-order valence-electron chi connectivity index (χ4n) is 1.43. The van der Waals surface area contributed by atoms with Crippen molar-refractivity contribution in [2.24, 2.45) is 5.73 Å². The molecule has 2 aromatic rings. The first-order chi connectivity index (χ1) is 7.61. The molecular formula is C11H8Br2FNO. The number of hydrogen-bond acceptors (Lipinski definition) is 2. The second kappa shape index (κ2) is 4.69. The Morgan fingerprint density at radius 3 is 2.56 bits per heavy atom. The number of halogens is 3. The maximum absolute atomic E-state index is 13.8. The van der Waals surface area contributed by atoms with E-state index in [2.05, 4.69) is 31.9 Å². The van der Waals surface area contributed by atoms with Crippen LogP contribution >= 0.6 is 31.9 Å². The Hall–Kier alpha value is -0.650. The molecule has 0 aliphatic rings. The van der Waals surface area contributed by atoms with Gasteiger partial charge in [-0.1, -0.05) is 12.1 Å². The predicted molar refractivity (Wildman–Crippen MR) is 66.5 cm³/mol. The molecule has 0 aliphatic heterocycles. The van der Waals surface area contributed by atoms with E-state index in [0.717, 1.165) is 4.47 Å². The highest BCUT2D eigenvalue weighted by Gasteiger charge is 2.19. The van der Waals surface area contributed by atoms with Gasteiger partial charge in [0, 0.05) is 5.56 Å². The average molecular weight is 349 g/mol. The van der Waals surface area contributed by atoms with E-state index in [4.69, 9.17) is 10.2 Å². The van der Waals surface area contributed by atoms with Crippen LogP contribution in [-0.2, 0) is 0 Å². The van der Waals surface area contributed by atoms with E-state index >= 15 is 0 Å². The van der Waals surface area contributed by atoms with Gasteiger partial charge in [-0.15, -0.1) is 0 Å². The van der Waals surface area contributed by atoms with Gasteiger partial charge < -0.3 is 10.2 Å². The normalized spacial score (nSPS) is 12.8. The van der Waals surface area contributed by atoms with E-state index in [1.165, 1.54) is 6.26 Å². The van der Waals surface area contributed by atoms with Crippen molar-refractivity contribution in [1.82, 2.24) is 0 Å². The lowest BCUT2D eigenvalue weighted by atomic mass is 10.1. The van der Waals surface area contributed by atoms with Gasteiger partial charge in [0.05, 0.1) is 21.3 Å². The minimum atomic E-state index is -0.623. The average Bonchev–Trinajstić information content (AvgIpc) is 2.68. The zero-order chi connectivity index (χ0) is 11.7. The molecule has 0 spiro atoms. The van der Waals surface area contributed by atoms with Crippen LogP contribution in [0.3, 0.4) is 0 Å². The lowest BCUT2D eigenvalue weighted by Crippen LogP contribution is -2.13. The standard InChI is InChI=1S/C11H8Br2FNO/c12-7-3-1-2-6(9(7)14)10(15)11-8(13)4-5-16-11/h1-5,10H,15H2. The lowest BCUT2D eigenvalue weighted by Gasteiger charge is -2.11. The first-order valence-electron chi connectivity index (χ1n) is 4.53. The van der Waals surface area contributed by atoms with E-state index in [9.17, 15) is 4.39 Å². The molecule has 0 amide bonds. The van der Waals surface area contributed by atoms with E-state index in [-0.39, 0.29) is 5.82 Å². The highest BCUT2D eigenvalue weighted by Crippen LogP contribution is 2.31. The molecule has 0 bridgehead atoms. The van der Waals surface area contributed by atoms with Crippen LogP contribution in [0.1, 0.15) is 17.4 Å². The molecule has 84 valence electrons. The van der Waals surface area contributed by atoms with Crippen LogP contribution in [0.2, 0.25) is 0 Å². The summed E-state index contributed by atoms with van der Waals surface area (Å²) >= 11 is 6.42. The molecule has 0 fully saturated rings. The fourth-order valence-corrected chi connectivity index (χ4v) is 2.26. The van der Waals surface area contributed by atoms with Crippen molar-refractivity contribution < 1.29 is 8.81 Å². The largest absolute Gasteiger partial charge is 0.466 e. The molecule has 1 atom stereocenters. The van der Waals surface area contributed by atoms with Crippen LogP contribution in [0.15, 0.2) is 43.9 Å². The topological polar surface area (TPSA) is 39.2 Å². The summed E-state index contributed by atoms with van der Waals surface area (Å²) in [5.41, 5.74) is 6.34. The van der Waals surface area contributed by atoms with Crippen LogP contribution in [0.25, 0.3) is 0 Å². The van der Waals surface area contributed by atoms with Crippen LogP contribution in [0.4, 0.5) is 4.39 Å². The zero-order valence-corrected chi connectivity index (χ0v) is 11.3. The third kappa shape index (κ3) is 2.07. The molecule has 0 aliphatic carbocycles. The Labute approximate surface area is 109 Å². The third-order valence-electron chi connectivity index (χ3n) is 2.24. The van der Waals surface area contributed by atoms with Crippen molar-refractivity contribution in [3.8, 4) is 0 Å². The molecule has 2 nitrogen and oxygen atoms in total. The van der Waals surface area contributed by atoms with Crippen LogP contribution < -0.4 is 5.73 Å². The lowest BCUT2D eigenvalue weighted by molar-refractivity contribution is 0.477. The molecule has 2 N–H and O–H groups in total. The van der Waals surface area contributed by atoms with Crippen molar-refractivity contribution in [2.75, 3.05) is 0 Å². The van der Waals surface area contributed by atoms with Crippen LogP contribution in [0.5, 0.6) is 0 Å². The van der Waals surface area contributed by atoms with Gasteiger partial charge in [-0.05, 0) is 44.0 Å². The molecule has 0 saturated heterocycles. The molecule has 1 unspecified atom stereocenters. The zero-order valence-electron chi connectivity index (χ0n) is 8.08. The monoisotopic (exact) mass is 347 g/mol. The number of rotatable bonds is 2. The molecule has 16 heavy (non-hydrogen) atoms. The Bertz CT molecular complexity index is 512. The molecule has 0 radical (unpaired) electrons. The SMILES string of the molecule is NC(c1cccc(Br)c1F)c1occc1Br. The van der Waals surface area contributed by atoms with Gasteiger partial charge in [-0.25, -0.2) is 4.39 Å². The van der Waals surface area contributed by atoms with E-state index < -0.39 is 6.04 Å². The number of hydrogen-bond donors (Lipinski definition) is 1. The van der Waals surface area contributed by atoms with Crippen molar-refractivity contribution in [1.29, 1.82) is 0 Å². The summed E-state index contributed by atoms with van der Waals surface area (Å²) in [5, 5.41) is 0. The van der Waals surface area contributed by atoms with Crippen molar-refractivity contribution in [3.05, 3.63) is 56.6 Å². The highest BCUT2D eigenvalue weighted by atomic mass is 79.9. The number of benzene rings is 1. The van der Waals surface area contributed by atoms with Gasteiger partial charge in [0.1, 0.15) is 11.6 Å². The Morgan fingerprint density at radius 1 is 1.19 bits per heavy atom. The van der Waals surface area contributed by atoms with Gasteiger partial charge in [0.15, 0.2) is 0 Å². The van der Waals surface area contributed by atoms with Gasteiger partial charge in [0.25, 0.3) is 0 Å². The maximum Gasteiger partial charge on any atom is 0.142 e. The quantitative estimate of drug-likeness (QED) is 0.891. The summed E-state index contributed by atoms with van der Waals surface area (Å²) in [6, 6.07) is 6.11. The molecule has 1 aromatic carbocycles. The second-order valence-electron chi connectivity index (χ2n) is 3.25. The summed E-state index contributed by atoms with van der Waals surface area (Å²) in [5.74, 6) is 0.148.